The average Bonchev–Trinajstić information content (AvgIpc) is 3.44. The Labute approximate surface area is 242 Å². The van der Waals surface area contributed by atoms with Gasteiger partial charge in [-0.1, -0.05) is 72.0 Å². The van der Waals surface area contributed by atoms with Crippen molar-refractivity contribution in [3.05, 3.63) is 94.5 Å². The van der Waals surface area contributed by atoms with Gasteiger partial charge in [-0.2, -0.15) is 0 Å². The number of anilines is 1. The Morgan fingerprint density at radius 3 is 2.02 bits per heavy atom. The molecule has 3 aromatic rings. The van der Waals surface area contributed by atoms with Crippen LogP contribution in [0.3, 0.4) is 0 Å². The second kappa shape index (κ2) is 12.9. The molecule has 0 bridgehead atoms. The maximum Gasteiger partial charge on any atom is 0.264 e. The van der Waals surface area contributed by atoms with Gasteiger partial charge < -0.3 is 10.2 Å². The van der Waals surface area contributed by atoms with Gasteiger partial charge in [0.15, 0.2) is 0 Å². The second-order valence-corrected chi connectivity index (χ2v) is 12.8. The van der Waals surface area contributed by atoms with E-state index in [0.29, 0.717) is 10.7 Å². The third-order valence-electron chi connectivity index (χ3n) is 7.34. The molecule has 3 aromatic carbocycles. The molecular weight excluding hydrogens is 546 g/mol. The zero-order chi connectivity index (χ0) is 28.9. The van der Waals surface area contributed by atoms with Crippen LogP contribution < -0.4 is 9.62 Å². The number of rotatable bonds is 10. The Morgan fingerprint density at radius 1 is 0.900 bits per heavy atom. The van der Waals surface area contributed by atoms with Crippen LogP contribution in [0.5, 0.6) is 0 Å². The number of hydrogen-bond donors (Lipinski definition) is 1. The lowest BCUT2D eigenvalue weighted by atomic mass is 10.1. The van der Waals surface area contributed by atoms with Crippen molar-refractivity contribution in [1.29, 1.82) is 0 Å². The minimum absolute atomic E-state index is 0.0161. The van der Waals surface area contributed by atoms with Crippen molar-refractivity contribution in [2.24, 2.45) is 0 Å². The Bertz CT molecular complexity index is 1420. The van der Waals surface area contributed by atoms with Gasteiger partial charge in [-0.25, -0.2) is 8.42 Å². The summed E-state index contributed by atoms with van der Waals surface area (Å²) >= 11 is 6.01. The highest BCUT2D eigenvalue weighted by Gasteiger charge is 2.33. The van der Waals surface area contributed by atoms with Gasteiger partial charge >= 0.3 is 0 Å². The first-order chi connectivity index (χ1) is 19.0. The molecule has 40 heavy (non-hydrogen) atoms. The van der Waals surface area contributed by atoms with Gasteiger partial charge in [-0.05, 0) is 75.6 Å². The smallest absolute Gasteiger partial charge is 0.264 e. The number of nitrogens with zero attached hydrogens (tertiary/aromatic N) is 2. The molecule has 1 aliphatic rings. The van der Waals surface area contributed by atoms with Crippen LogP contribution >= 0.6 is 11.6 Å². The van der Waals surface area contributed by atoms with Gasteiger partial charge in [0.1, 0.15) is 12.6 Å². The molecule has 0 aliphatic heterocycles. The number of hydrogen-bond acceptors (Lipinski definition) is 4. The molecule has 1 fully saturated rings. The minimum atomic E-state index is -4.13. The number of halogens is 1. The fourth-order valence-electron chi connectivity index (χ4n) is 4.84. The summed E-state index contributed by atoms with van der Waals surface area (Å²) in [7, 11) is -4.13. The molecule has 212 valence electrons. The van der Waals surface area contributed by atoms with Crippen LogP contribution in [0.15, 0.2) is 77.7 Å². The van der Waals surface area contributed by atoms with Crippen molar-refractivity contribution in [1.82, 2.24) is 10.2 Å². The van der Waals surface area contributed by atoms with Crippen molar-refractivity contribution in [2.45, 2.75) is 70.0 Å². The van der Waals surface area contributed by atoms with Crippen molar-refractivity contribution in [2.75, 3.05) is 10.8 Å². The molecule has 1 atom stereocenters. The number of aryl methyl sites for hydroxylation is 2. The van der Waals surface area contributed by atoms with Crippen LogP contribution in [-0.2, 0) is 26.2 Å². The summed E-state index contributed by atoms with van der Waals surface area (Å²) in [6.07, 6.45) is 3.98. The lowest BCUT2D eigenvalue weighted by molar-refractivity contribution is -0.139. The molecule has 2 amide bonds. The van der Waals surface area contributed by atoms with Gasteiger partial charge in [-0.3, -0.25) is 13.9 Å². The topological polar surface area (TPSA) is 86.8 Å². The van der Waals surface area contributed by atoms with E-state index in [9.17, 15) is 18.0 Å². The van der Waals surface area contributed by atoms with Crippen LogP contribution in [0, 0.1) is 13.8 Å². The van der Waals surface area contributed by atoms with E-state index in [0.717, 1.165) is 46.7 Å². The lowest BCUT2D eigenvalue weighted by Gasteiger charge is -2.32. The van der Waals surface area contributed by atoms with Crippen molar-refractivity contribution >= 4 is 39.1 Å². The molecule has 0 aromatic heterocycles. The van der Waals surface area contributed by atoms with Crippen LogP contribution in [-0.4, -0.2) is 43.8 Å². The number of amides is 2. The average molecular weight is 582 g/mol. The molecule has 0 saturated heterocycles. The van der Waals surface area contributed by atoms with E-state index in [-0.39, 0.29) is 23.4 Å². The minimum Gasteiger partial charge on any atom is -0.352 e. The second-order valence-electron chi connectivity index (χ2n) is 10.5. The molecule has 4 rings (SSSR count). The molecule has 1 N–H and O–H groups in total. The van der Waals surface area contributed by atoms with E-state index in [1.807, 2.05) is 38.1 Å². The van der Waals surface area contributed by atoms with Gasteiger partial charge in [0.2, 0.25) is 11.8 Å². The first kappa shape index (κ1) is 29.6. The predicted octanol–water partition coefficient (Wildman–Crippen LogP) is 5.63. The first-order valence-electron chi connectivity index (χ1n) is 13.5. The third-order valence-corrected chi connectivity index (χ3v) is 9.38. The normalized spacial score (nSPS) is 14.5. The summed E-state index contributed by atoms with van der Waals surface area (Å²) in [5.74, 6) is -0.720. The molecular formula is C31H36ClN3O4S. The van der Waals surface area contributed by atoms with E-state index < -0.39 is 28.5 Å². The van der Waals surface area contributed by atoms with Gasteiger partial charge in [-0.15, -0.1) is 0 Å². The van der Waals surface area contributed by atoms with Crippen molar-refractivity contribution in [3.63, 3.8) is 0 Å². The molecule has 9 heteroatoms. The summed E-state index contributed by atoms with van der Waals surface area (Å²) in [4.78, 5) is 28.8. The van der Waals surface area contributed by atoms with E-state index in [4.69, 9.17) is 11.6 Å². The fourth-order valence-corrected chi connectivity index (χ4v) is 6.38. The zero-order valence-electron chi connectivity index (χ0n) is 23.1. The summed E-state index contributed by atoms with van der Waals surface area (Å²) in [6.45, 7) is 5.27. The van der Waals surface area contributed by atoms with E-state index >= 15 is 0 Å². The molecule has 7 nitrogen and oxygen atoms in total. The third kappa shape index (κ3) is 7.23. The largest absolute Gasteiger partial charge is 0.352 e. The molecule has 0 spiro atoms. The van der Waals surface area contributed by atoms with Gasteiger partial charge in [0.05, 0.1) is 10.6 Å². The van der Waals surface area contributed by atoms with Crippen LogP contribution in [0.25, 0.3) is 0 Å². The van der Waals surface area contributed by atoms with E-state index in [1.165, 1.54) is 29.2 Å². The highest BCUT2D eigenvalue weighted by molar-refractivity contribution is 7.92. The number of sulfonamides is 1. The standard InChI is InChI=1S/C31H36ClN3O4S/c1-22-8-12-25(13-9-22)20-34(24(3)31(37)33-27-6-4-5-7-27)30(36)21-35(28-16-10-23(2)11-17-28)40(38,39)29-18-14-26(32)15-19-29/h8-19,24,27H,4-7,20-21H2,1-3H3,(H,33,37). The molecule has 1 aliphatic carbocycles. The predicted molar refractivity (Wildman–Crippen MR) is 159 cm³/mol. The quantitative estimate of drug-likeness (QED) is 0.336. The highest BCUT2D eigenvalue weighted by atomic mass is 35.5. The fraction of sp³-hybridized carbons (Fsp3) is 0.355. The Balaban J connectivity index is 1.67. The number of nitrogens with one attached hydrogen (secondary N) is 1. The summed E-state index contributed by atoms with van der Waals surface area (Å²) < 4.78 is 28.8. The molecule has 0 radical (unpaired) electrons. The first-order valence-corrected chi connectivity index (χ1v) is 15.4. The van der Waals surface area contributed by atoms with Gasteiger partial charge in [0.25, 0.3) is 10.0 Å². The summed E-state index contributed by atoms with van der Waals surface area (Å²) in [5.41, 5.74) is 3.24. The monoisotopic (exact) mass is 581 g/mol. The van der Waals surface area contributed by atoms with Crippen molar-refractivity contribution in [3.8, 4) is 0 Å². The lowest BCUT2D eigenvalue weighted by Crippen LogP contribution is -2.52. The Hall–Kier alpha value is -3.36. The highest BCUT2D eigenvalue weighted by Crippen LogP contribution is 2.26. The van der Waals surface area contributed by atoms with Gasteiger partial charge in [0, 0.05) is 17.6 Å². The molecule has 0 heterocycles. The molecule has 1 unspecified atom stereocenters. The van der Waals surface area contributed by atoms with Crippen LogP contribution in [0.2, 0.25) is 5.02 Å². The maximum absolute atomic E-state index is 14.0. The van der Waals surface area contributed by atoms with Crippen molar-refractivity contribution < 1.29 is 18.0 Å². The summed E-state index contributed by atoms with van der Waals surface area (Å²) in [5, 5.41) is 3.49. The Kier molecular flexibility index (Phi) is 9.53. The van der Waals surface area contributed by atoms with E-state index in [1.54, 1.807) is 31.2 Å². The summed E-state index contributed by atoms with van der Waals surface area (Å²) in [6, 6.07) is 19.8. The van der Waals surface area contributed by atoms with Crippen LogP contribution in [0.1, 0.15) is 49.3 Å². The number of benzene rings is 3. The SMILES string of the molecule is Cc1ccc(CN(C(=O)CN(c2ccc(C)cc2)S(=O)(=O)c2ccc(Cl)cc2)C(C)C(=O)NC2CCCC2)cc1. The number of carbonyl (C=O) groups is 2. The molecule has 1 saturated carbocycles. The zero-order valence-corrected chi connectivity index (χ0v) is 24.7. The Morgan fingerprint density at radius 2 is 1.45 bits per heavy atom. The van der Waals surface area contributed by atoms with Crippen LogP contribution in [0.4, 0.5) is 5.69 Å². The maximum atomic E-state index is 14.0. The number of carbonyl (C=O) groups excluding carboxylic acids is 2. The van der Waals surface area contributed by atoms with E-state index in [2.05, 4.69) is 5.32 Å².